The molecule has 2 N–H and O–H groups in total. The third-order valence-corrected chi connectivity index (χ3v) is 6.50. The van der Waals surface area contributed by atoms with Crippen LogP contribution in [0.4, 0.5) is 0 Å². The van der Waals surface area contributed by atoms with E-state index in [-0.39, 0.29) is 16.7 Å². The van der Waals surface area contributed by atoms with E-state index in [9.17, 15) is 4.79 Å². The second kappa shape index (κ2) is 5.04. The Morgan fingerprint density at radius 1 is 1.44 bits per heavy atom. The van der Waals surface area contributed by atoms with Crippen molar-refractivity contribution < 1.29 is 4.79 Å². The standard InChI is InChI=1S/C14H24N2OS/c1-14(6-3-7-18-14)9-16-13(17)12-11-5-2-4-10(11)8-15-12/h10-12,15H,2-9H2,1H3,(H,16,17). The van der Waals surface area contributed by atoms with Gasteiger partial charge < -0.3 is 10.6 Å². The Morgan fingerprint density at radius 3 is 3.11 bits per heavy atom. The molecule has 4 heteroatoms. The van der Waals surface area contributed by atoms with Gasteiger partial charge >= 0.3 is 0 Å². The zero-order valence-corrected chi connectivity index (χ0v) is 12.0. The molecule has 3 rings (SSSR count). The minimum absolute atomic E-state index is 0.0903. The fraction of sp³-hybridized carbons (Fsp3) is 0.929. The SMILES string of the molecule is CC1(CNC(=O)C2NCC3CCCC32)CCCS1. The lowest BCUT2D eigenvalue weighted by atomic mass is 9.93. The highest BCUT2D eigenvalue weighted by molar-refractivity contribution is 8.00. The normalized spacial score (nSPS) is 43.1. The molecule has 3 aliphatic rings. The first-order valence-electron chi connectivity index (χ1n) is 7.33. The Balaban J connectivity index is 1.52. The summed E-state index contributed by atoms with van der Waals surface area (Å²) in [6.45, 7) is 4.17. The third kappa shape index (κ3) is 2.42. The molecular formula is C14H24N2OS. The number of hydrogen-bond donors (Lipinski definition) is 2. The molecule has 4 unspecified atom stereocenters. The van der Waals surface area contributed by atoms with Gasteiger partial charge in [-0.3, -0.25) is 4.79 Å². The lowest BCUT2D eigenvalue weighted by Crippen LogP contribution is -2.47. The van der Waals surface area contributed by atoms with E-state index in [1.54, 1.807) is 0 Å². The Kier molecular flexibility index (Phi) is 3.59. The van der Waals surface area contributed by atoms with Crippen molar-refractivity contribution in [1.82, 2.24) is 10.6 Å². The van der Waals surface area contributed by atoms with Crippen LogP contribution in [0.5, 0.6) is 0 Å². The van der Waals surface area contributed by atoms with E-state index in [0.29, 0.717) is 5.92 Å². The van der Waals surface area contributed by atoms with Crippen LogP contribution in [-0.2, 0) is 4.79 Å². The molecule has 18 heavy (non-hydrogen) atoms. The van der Waals surface area contributed by atoms with Gasteiger partial charge in [0.2, 0.25) is 5.91 Å². The minimum atomic E-state index is 0.0903. The summed E-state index contributed by atoms with van der Waals surface area (Å²) in [6, 6.07) is 0.0903. The molecule has 2 heterocycles. The van der Waals surface area contributed by atoms with Crippen LogP contribution in [0.2, 0.25) is 0 Å². The molecule has 4 atom stereocenters. The summed E-state index contributed by atoms with van der Waals surface area (Å²) in [5.74, 6) is 2.86. The van der Waals surface area contributed by atoms with Gasteiger partial charge in [-0.15, -0.1) is 0 Å². The first kappa shape index (κ1) is 12.8. The fourth-order valence-electron chi connectivity index (χ4n) is 3.83. The molecule has 102 valence electrons. The Labute approximate surface area is 114 Å². The number of rotatable bonds is 3. The number of amides is 1. The zero-order chi connectivity index (χ0) is 12.6. The van der Waals surface area contributed by atoms with E-state index in [2.05, 4.69) is 17.6 Å². The second-order valence-electron chi connectivity index (χ2n) is 6.36. The van der Waals surface area contributed by atoms with Gasteiger partial charge in [0.05, 0.1) is 6.04 Å². The van der Waals surface area contributed by atoms with Gasteiger partial charge in [0.15, 0.2) is 0 Å². The Hall–Kier alpha value is -0.220. The number of hydrogen-bond acceptors (Lipinski definition) is 3. The maximum absolute atomic E-state index is 12.3. The van der Waals surface area contributed by atoms with Gasteiger partial charge in [0, 0.05) is 11.3 Å². The van der Waals surface area contributed by atoms with E-state index >= 15 is 0 Å². The molecule has 0 spiro atoms. The topological polar surface area (TPSA) is 41.1 Å². The lowest BCUT2D eigenvalue weighted by molar-refractivity contribution is -0.123. The molecule has 0 aromatic carbocycles. The summed E-state index contributed by atoms with van der Waals surface area (Å²) >= 11 is 2.01. The van der Waals surface area contributed by atoms with E-state index in [1.807, 2.05) is 11.8 Å². The highest BCUT2D eigenvalue weighted by Gasteiger charge is 2.42. The van der Waals surface area contributed by atoms with Crippen LogP contribution in [0.25, 0.3) is 0 Å². The highest BCUT2D eigenvalue weighted by Crippen LogP contribution is 2.39. The van der Waals surface area contributed by atoms with Crippen LogP contribution in [0.3, 0.4) is 0 Å². The largest absolute Gasteiger partial charge is 0.353 e. The predicted octanol–water partition coefficient (Wildman–Crippen LogP) is 1.78. The minimum Gasteiger partial charge on any atom is -0.353 e. The molecule has 0 aromatic rings. The molecular weight excluding hydrogens is 244 g/mol. The first-order valence-corrected chi connectivity index (χ1v) is 8.32. The van der Waals surface area contributed by atoms with Crippen LogP contribution in [0.1, 0.15) is 39.0 Å². The molecule has 0 aromatic heterocycles. The molecule has 0 radical (unpaired) electrons. The average molecular weight is 268 g/mol. The van der Waals surface area contributed by atoms with Crippen molar-refractivity contribution in [2.24, 2.45) is 11.8 Å². The molecule has 1 amide bonds. The smallest absolute Gasteiger partial charge is 0.237 e. The number of nitrogens with one attached hydrogen (secondary N) is 2. The Bertz CT molecular complexity index is 328. The van der Waals surface area contributed by atoms with Crippen molar-refractivity contribution in [2.75, 3.05) is 18.8 Å². The number of fused-ring (bicyclic) bond motifs is 1. The van der Waals surface area contributed by atoms with Gasteiger partial charge in [-0.1, -0.05) is 6.42 Å². The summed E-state index contributed by atoms with van der Waals surface area (Å²) in [6.07, 6.45) is 6.40. The van der Waals surface area contributed by atoms with Crippen LogP contribution < -0.4 is 10.6 Å². The number of carbonyl (C=O) groups excluding carboxylic acids is 1. The van der Waals surface area contributed by atoms with Crippen molar-refractivity contribution in [3.05, 3.63) is 0 Å². The van der Waals surface area contributed by atoms with Crippen molar-refractivity contribution >= 4 is 17.7 Å². The molecule has 1 saturated carbocycles. The lowest BCUT2D eigenvalue weighted by Gasteiger charge is -2.25. The molecule has 2 aliphatic heterocycles. The van der Waals surface area contributed by atoms with E-state index in [0.717, 1.165) is 19.0 Å². The van der Waals surface area contributed by atoms with Gasteiger partial charge in [-0.05, 0) is 56.7 Å². The van der Waals surface area contributed by atoms with Crippen molar-refractivity contribution in [3.8, 4) is 0 Å². The van der Waals surface area contributed by atoms with Gasteiger partial charge in [-0.25, -0.2) is 0 Å². The first-order chi connectivity index (χ1) is 8.68. The van der Waals surface area contributed by atoms with E-state index in [1.165, 1.54) is 37.9 Å². The van der Waals surface area contributed by atoms with Crippen molar-refractivity contribution in [3.63, 3.8) is 0 Å². The maximum atomic E-state index is 12.3. The second-order valence-corrected chi connectivity index (χ2v) is 8.04. The summed E-state index contributed by atoms with van der Waals surface area (Å²) in [7, 11) is 0. The molecule has 1 aliphatic carbocycles. The molecule has 0 bridgehead atoms. The monoisotopic (exact) mass is 268 g/mol. The highest BCUT2D eigenvalue weighted by atomic mass is 32.2. The molecule has 2 saturated heterocycles. The quantitative estimate of drug-likeness (QED) is 0.820. The summed E-state index contributed by atoms with van der Waals surface area (Å²) < 4.78 is 0.281. The summed E-state index contributed by atoms with van der Waals surface area (Å²) in [5, 5.41) is 6.62. The number of thioether (sulfide) groups is 1. The molecule has 3 nitrogen and oxygen atoms in total. The Morgan fingerprint density at radius 2 is 2.33 bits per heavy atom. The summed E-state index contributed by atoms with van der Waals surface area (Å²) in [4.78, 5) is 12.3. The molecule has 3 fully saturated rings. The fourth-order valence-corrected chi connectivity index (χ4v) is 5.08. The maximum Gasteiger partial charge on any atom is 0.237 e. The van der Waals surface area contributed by atoms with Crippen LogP contribution in [-0.4, -0.2) is 35.5 Å². The van der Waals surface area contributed by atoms with E-state index in [4.69, 9.17) is 0 Å². The van der Waals surface area contributed by atoms with Gasteiger partial charge in [-0.2, -0.15) is 11.8 Å². The van der Waals surface area contributed by atoms with Gasteiger partial charge in [0.1, 0.15) is 0 Å². The van der Waals surface area contributed by atoms with E-state index < -0.39 is 0 Å². The van der Waals surface area contributed by atoms with Crippen molar-refractivity contribution in [2.45, 2.75) is 49.8 Å². The van der Waals surface area contributed by atoms with Gasteiger partial charge in [0.25, 0.3) is 0 Å². The zero-order valence-electron chi connectivity index (χ0n) is 11.2. The summed E-state index contributed by atoms with van der Waals surface area (Å²) in [5.41, 5.74) is 0. The van der Waals surface area contributed by atoms with Crippen LogP contribution in [0.15, 0.2) is 0 Å². The van der Waals surface area contributed by atoms with Crippen LogP contribution in [0, 0.1) is 11.8 Å². The predicted molar refractivity (Wildman–Crippen MR) is 75.7 cm³/mol. The third-order valence-electron chi connectivity index (χ3n) is 4.97. The van der Waals surface area contributed by atoms with Crippen molar-refractivity contribution in [1.29, 1.82) is 0 Å². The average Bonchev–Trinajstić information content (AvgIpc) is 3.01. The number of carbonyl (C=O) groups is 1. The van der Waals surface area contributed by atoms with Crippen LogP contribution >= 0.6 is 11.8 Å².